The molecule has 0 bridgehead atoms. The lowest BCUT2D eigenvalue weighted by molar-refractivity contribution is -0.121. The Morgan fingerprint density at radius 3 is 2.53 bits per heavy atom. The second kappa shape index (κ2) is 10.0. The van der Waals surface area contributed by atoms with Gasteiger partial charge in [-0.15, -0.1) is 0 Å². The fraction of sp³-hybridized carbons (Fsp3) is 0.208. The molecule has 1 atom stereocenters. The second-order valence-corrected chi connectivity index (χ2v) is 8.80. The molecule has 1 amide bonds. The Balaban J connectivity index is 1.58. The number of carbonyl (C=O) groups is 1. The van der Waals surface area contributed by atoms with Crippen LogP contribution in [0.2, 0.25) is 15.1 Å². The van der Waals surface area contributed by atoms with Crippen LogP contribution >= 0.6 is 34.8 Å². The third-order valence-corrected chi connectivity index (χ3v) is 6.15. The summed E-state index contributed by atoms with van der Waals surface area (Å²) >= 11 is 18.7. The predicted molar refractivity (Wildman–Crippen MR) is 131 cm³/mol. The van der Waals surface area contributed by atoms with Crippen LogP contribution in [0, 0.1) is 5.92 Å². The zero-order chi connectivity index (χ0) is 22.7. The van der Waals surface area contributed by atoms with Crippen molar-refractivity contribution in [1.29, 1.82) is 0 Å². The lowest BCUT2D eigenvalue weighted by atomic mass is 10.1. The van der Waals surface area contributed by atoms with Crippen LogP contribution < -0.4 is 20.1 Å². The lowest BCUT2D eigenvalue weighted by Crippen LogP contribution is -2.38. The number of halogens is 3. The van der Waals surface area contributed by atoms with Gasteiger partial charge < -0.3 is 14.6 Å². The highest BCUT2D eigenvalue weighted by Gasteiger charge is 2.33. The summed E-state index contributed by atoms with van der Waals surface area (Å²) in [6, 6.07) is 20.3. The SMILES string of the molecule is COc1ccc(N(Cc2cccc(Cl)c2)C(=O)C2CNN(c3cc(Cl)ccc3Cl)C2)cc1. The van der Waals surface area contributed by atoms with Gasteiger partial charge in [-0.3, -0.25) is 4.79 Å². The van der Waals surface area contributed by atoms with Crippen molar-refractivity contribution in [2.75, 3.05) is 30.1 Å². The minimum atomic E-state index is -0.272. The molecule has 1 saturated heterocycles. The Morgan fingerprint density at radius 2 is 1.81 bits per heavy atom. The lowest BCUT2D eigenvalue weighted by Gasteiger charge is -2.26. The van der Waals surface area contributed by atoms with Crippen molar-refractivity contribution in [3.63, 3.8) is 0 Å². The van der Waals surface area contributed by atoms with E-state index in [-0.39, 0.29) is 11.8 Å². The molecule has 0 aliphatic carbocycles. The molecule has 0 aromatic heterocycles. The van der Waals surface area contributed by atoms with Crippen LogP contribution in [0.25, 0.3) is 0 Å². The molecule has 166 valence electrons. The molecule has 0 spiro atoms. The molecular formula is C24H22Cl3N3O2. The van der Waals surface area contributed by atoms with E-state index in [9.17, 15) is 4.79 Å². The highest BCUT2D eigenvalue weighted by atomic mass is 35.5. The van der Waals surface area contributed by atoms with Crippen LogP contribution in [0.15, 0.2) is 66.7 Å². The van der Waals surface area contributed by atoms with Gasteiger partial charge in [0.2, 0.25) is 5.91 Å². The molecule has 1 N–H and O–H groups in total. The molecule has 1 aliphatic heterocycles. The van der Waals surface area contributed by atoms with Gasteiger partial charge in [-0.05, 0) is 60.2 Å². The third-order valence-electron chi connectivity index (χ3n) is 5.36. The summed E-state index contributed by atoms with van der Waals surface area (Å²) in [4.78, 5) is 15.4. The van der Waals surface area contributed by atoms with E-state index in [1.165, 1.54) is 0 Å². The number of carbonyl (C=O) groups excluding carboxylic acids is 1. The monoisotopic (exact) mass is 489 g/mol. The van der Waals surface area contributed by atoms with Gasteiger partial charge in [0, 0.05) is 28.8 Å². The normalized spacial score (nSPS) is 15.6. The Kier molecular flexibility index (Phi) is 7.11. The van der Waals surface area contributed by atoms with Gasteiger partial charge in [0.1, 0.15) is 5.75 Å². The standard InChI is InChI=1S/C24H22Cl3N3O2/c1-32-21-8-6-20(7-9-21)29(14-16-3-2-4-18(25)11-16)24(31)17-13-28-30(15-17)23-12-19(26)5-10-22(23)27/h2-12,17,28H,13-15H2,1H3. The summed E-state index contributed by atoms with van der Waals surface area (Å²) in [6.07, 6.45) is 0. The van der Waals surface area contributed by atoms with Gasteiger partial charge in [0.05, 0.1) is 30.3 Å². The highest BCUT2D eigenvalue weighted by molar-refractivity contribution is 6.35. The molecular weight excluding hydrogens is 469 g/mol. The molecule has 8 heteroatoms. The first-order valence-corrected chi connectivity index (χ1v) is 11.2. The van der Waals surface area contributed by atoms with Crippen LogP contribution in [0.1, 0.15) is 5.56 Å². The fourth-order valence-corrected chi connectivity index (χ4v) is 4.31. The van der Waals surface area contributed by atoms with Crippen molar-refractivity contribution in [2.45, 2.75) is 6.54 Å². The predicted octanol–water partition coefficient (Wildman–Crippen LogP) is 5.83. The number of amides is 1. The molecule has 3 aromatic rings. The Bertz CT molecular complexity index is 1110. The number of anilines is 2. The maximum absolute atomic E-state index is 13.7. The first kappa shape index (κ1) is 22.7. The molecule has 0 saturated carbocycles. The largest absolute Gasteiger partial charge is 0.497 e. The zero-order valence-corrected chi connectivity index (χ0v) is 19.7. The number of methoxy groups -OCH3 is 1. The number of hydrogen-bond acceptors (Lipinski definition) is 4. The average Bonchev–Trinajstić information content (AvgIpc) is 3.29. The van der Waals surface area contributed by atoms with Gasteiger partial charge >= 0.3 is 0 Å². The van der Waals surface area contributed by atoms with Crippen molar-refractivity contribution in [3.8, 4) is 5.75 Å². The van der Waals surface area contributed by atoms with E-state index in [0.717, 1.165) is 22.7 Å². The molecule has 5 nitrogen and oxygen atoms in total. The zero-order valence-electron chi connectivity index (χ0n) is 17.4. The second-order valence-electron chi connectivity index (χ2n) is 7.52. The van der Waals surface area contributed by atoms with E-state index in [4.69, 9.17) is 39.5 Å². The molecule has 4 rings (SSSR count). The summed E-state index contributed by atoms with van der Waals surface area (Å²) in [6.45, 7) is 1.37. The van der Waals surface area contributed by atoms with Gasteiger partial charge in [0.25, 0.3) is 0 Å². The number of benzene rings is 3. The van der Waals surface area contributed by atoms with Crippen LogP contribution in [0.4, 0.5) is 11.4 Å². The number of nitrogens with zero attached hydrogens (tertiary/aromatic N) is 2. The van der Waals surface area contributed by atoms with Crippen molar-refractivity contribution >= 4 is 52.1 Å². The number of rotatable bonds is 6. The highest BCUT2D eigenvalue weighted by Crippen LogP contribution is 2.31. The minimum absolute atomic E-state index is 0.00305. The number of ether oxygens (including phenoxy) is 1. The van der Waals surface area contributed by atoms with E-state index in [0.29, 0.717) is 34.7 Å². The van der Waals surface area contributed by atoms with E-state index in [2.05, 4.69) is 5.43 Å². The van der Waals surface area contributed by atoms with Crippen molar-refractivity contribution in [2.24, 2.45) is 5.92 Å². The van der Waals surface area contributed by atoms with Crippen molar-refractivity contribution < 1.29 is 9.53 Å². The third kappa shape index (κ3) is 5.13. The summed E-state index contributed by atoms with van der Waals surface area (Å²) in [5.74, 6) is 0.461. The summed E-state index contributed by atoms with van der Waals surface area (Å²) in [5.41, 5.74) is 5.76. The molecule has 1 aliphatic rings. The van der Waals surface area contributed by atoms with Gasteiger partial charge in [-0.25, -0.2) is 5.43 Å². The van der Waals surface area contributed by atoms with Crippen molar-refractivity contribution in [1.82, 2.24) is 5.43 Å². The summed E-state index contributed by atoms with van der Waals surface area (Å²) in [5, 5.41) is 3.67. The number of nitrogens with one attached hydrogen (secondary N) is 1. The van der Waals surface area contributed by atoms with Crippen LogP contribution in [0.3, 0.4) is 0 Å². The Labute approximate surface area is 202 Å². The Morgan fingerprint density at radius 1 is 1.06 bits per heavy atom. The van der Waals surface area contributed by atoms with E-state index < -0.39 is 0 Å². The molecule has 1 heterocycles. The number of hydrogen-bond donors (Lipinski definition) is 1. The first-order valence-electron chi connectivity index (χ1n) is 10.1. The maximum atomic E-state index is 13.7. The quantitative estimate of drug-likeness (QED) is 0.472. The molecule has 32 heavy (non-hydrogen) atoms. The number of hydrazine groups is 1. The molecule has 1 unspecified atom stereocenters. The summed E-state index contributed by atoms with van der Waals surface area (Å²) < 4.78 is 5.27. The van der Waals surface area contributed by atoms with Gasteiger partial charge in [0.15, 0.2) is 0 Å². The van der Waals surface area contributed by atoms with E-state index in [1.807, 2.05) is 53.5 Å². The van der Waals surface area contributed by atoms with Crippen LogP contribution in [-0.4, -0.2) is 26.1 Å². The molecule has 3 aromatic carbocycles. The molecule has 0 radical (unpaired) electrons. The fourth-order valence-electron chi connectivity index (χ4n) is 3.71. The first-order chi connectivity index (χ1) is 15.4. The smallest absolute Gasteiger partial charge is 0.233 e. The molecule has 1 fully saturated rings. The maximum Gasteiger partial charge on any atom is 0.233 e. The topological polar surface area (TPSA) is 44.8 Å². The Hall–Kier alpha value is -2.44. The van der Waals surface area contributed by atoms with E-state index in [1.54, 1.807) is 30.2 Å². The van der Waals surface area contributed by atoms with Gasteiger partial charge in [-0.2, -0.15) is 0 Å². The average molecular weight is 491 g/mol. The van der Waals surface area contributed by atoms with Gasteiger partial charge in [-0.1, -0.05) is 46.9 Å². The van der Waals surface area contributed by atoms with Crippen LogP contribution in [0.5, 0.6) is 5.75 Å². The van der Waals surface area contributed by atoms with Crippen LogP contribution in [-0.2, 0) is 11.3 Å². The summed E-state index contributed by atoms with van der Waals surface area (Å²) in [7, 11) is 1.61. The minimum Gasteiger partial charge on any atom is -0.497 e. The van der Waals surface area contributed by atoms with Crippen molar-refractivity contribution in [3.05, 3.63) is 87.4 Å². The van der Waals surface area contributed by atoms with E-state index >= 15 is 0 Å².